The largest absolute Gasteiger partial charge is 0.481 e. The molecule has 104 valence electrons. The van der Waals surface area contributed by atoms with E-state index in [9.17, 15) is 9.59 Å². The smallest absolute Gasteiger partial charge is 0.305 e. The molecule has 0 saturated heterocycles. The topological polar surface area (TPSA) is 66.4 Å². The van der Waals surface area contributed by atoms with Crippen LogP contribution >= 0.6 is 0 Å². The van der Waals surface area contributed by atoms with Crippen molar-refractivity contribution in [2.75, 3.05) is 0 Å². The van der Waals surface area contributed by atoms with Crippen LogP contribution in [0.4, 0.5) is 0 Å². The number of carboxylic acid groups (broad SMARTS) is 1. The number of nitrogens with one attached hydrogen (secondary N) is 1. The van der Waals surface area contributed by atoms with Gasteiger partial charge in [-0.15, -0.1) is 0 Å². The Balaban J connectivity index is 2.43. The Morgan fingerprint density at radius 3 is 2.58 bits per heavy atom. The van der Waals surface area contributed by atoms with Crippen molar-refractivity contribution in [2.45, 2.75) is 46.1 Å². The highest BCUT2D eigenvalue weighted by molar-refractivity contribution is 5.77. The molecule has 4 heteroatoms. The van der Waals surface area contributed by atoms with Gasteiger partial charge in [-0.25, -0.2) is 0 Å². The number of aliphatic carboxylic acids is 1. The van der Waals surface area contributed by atoms with Gasteiger partial charge in [0.15, 0.2) is 0 Å². The first-order valence-electron chi connectivity index (χ1n) is 6.45. The molecule has 0 aliphatic carbocycles. The van der Waals surface area contributed by atoms with Crippen LogP contribution in [0.5, 0.6) is 0 Å². The molecule has 0 radical (unpaired) electrons. The number of rotatable bonds is 6. The fourth-order valence-electron chi connectivity index (χ4n) is 2.03. The van der Waals surface area contributed by atoms with E-state index in [1.165, 1.54) is 11.1 Å². The van der Waals surface area contributed by atoms with E-state index in [2.05, 4.69) is 11.4 Å². The van der Waals surface area contributed by atoms with Gasteiger partial charge in [-0.1, -0.05) is 23.8 Å². The zero-order valence-electron chi connectivity index (χ0n) is 11.7. The van der Waals surface area contributed by atoms with Gasteiger partial charge < -0.3 is 10.4 Å². The third-order valence-corrected chi connectivity index (χ3v) is 3.01. The molecule has 1 aromatic rings. The lowest BCUT2D eigenvalue weighted by Crippen LogP contribution is -2.34. The fraction of sp³-hybridized carbons (Fsp3) is 0.467. The number of carbonyl (C=O) groups excluding carboxylic acids is 1. The first kappa shape index (κ1) is 15.2. The van der Waals surface area contributed by atoms with Gasteiger partial charge in [0.05, 0.1) is 6.42 Å². The van der Waals surface area contributed by atoms with Crippen molar-refractivity contribution in [3.63, 3.8) is 0 Å². The molecule has 0 aliphatic rings. The first-order valence-corrected chi connectivity index (χ1v) is 6.45. The van der Waals surface area contributed by atoms with E-state index in [1.807, 2.05) is 26.0 Å². The van der Waals surface area contributed by atoms with Crippen molar-refractivity contribution in [2.24, 2.45) is 0 Å². The molecular formula is C15H21NO3. The van der Waals surface area contributed by atoms with Crippen molar-refractivity contribution >= 4 is 11.9 Å². The predicted molar refractivity (Wildman–Crippen MR) is 74.1 cm³/mol. The molecule has 0 aromatic heterocycles. The summed E-state index contributed by atoms with van der Waals surface area (Å²) in [6.07, 6.45) is 1.01. The average Bonchev–Trinajstić information content (AvgIpc) is 2.26. The van der Waals surface area contributed by atoms with Gasteiger partial charge >= 0.3 is 5.97 Å². The summed E-state index contributed by atoms with van der Waals surface area (Å²) in [5.74, 6) is -1.00. The highest BCUT2D eigenvalue weighted by Gasteiger charge is 2.11. The van der Waals surface area contributed by atoms with Gasteiger partial charge in [-0.3, -0.25) is 9.59 Å². The van der Waals surface area contributed by atoms with Gasteiger partial charge in [-0.05, 0) is 38.3 Å². The zero-order valence-corrected chi connectivity index (χ0v) is 11.7. The van der Waals surface area contributed by atoms with E-state index in [0.717, 1.165) is 5.56 Å². The third kappa shape index (κ3) is 5.55. The summed E-state index contributed by atoms with van der Waals surface area (Å²) < 4.78 is 0. The predicted octanol–water partition coefficient (Wildman–Crippen LogP) is 2.22. The number of amides is 1. The van der Waals surface area contributed by atoms with Crippen LogP contribution < -0.4 is 5.32 Å². The molecule has 1 amide bonds. The number of hydrogen-bond donors (Lipinski definition) is 2. The summed E-state index contributed by atoms with van der Waals surface area (Å²) in [7, 11) is 0. The Labute approximate surface area is 113 Å². The maximum Gasteiger partial charge on any atom is 0.305 e. The number of benzene rings is 1. The molecular weight excluding hydrogens is 242 g/mol. The molecule has 0 bridgehead atoms. The molecule has 0 heterocycles. The lowest BCUT2D eigenvalue weighted by Gasteiger charge is -2.12. The molecule has 19 heavy (non-hydrogen) atoms. The SMILES string of the molecule is Cc1ccc(CCC(=O)NC(C)CC(=O)O)c(C)c1. The van der Waals surface area contributed by atoms with Gasteiger partial charge in [0.25, 0.3) is 0 Å². The number of carboxylic acids is 1. The second-order valence-corrected chi connectivity index (χ2v) is 5.00. The number of carbonyl (C=O) groups is 2. The lowest BCUT2D eigenvalue weighted by molar-refractivity contribution is -0.137. The van der Waals surface area contributed by atoms with Crippen molar-refractivity contribution in [1.29, 1.82) is 0 Å². The van der Waals surface area contributed by atoms with Crippen LogP contribution in [-0.4, -0.2) is 23.0 Å². The first-order chi connectivity index (χ1) is 8.88. The lowest BCUT2D eigenvalue weighted by atomic mass is 10.0. The monoisotopic (exact) mass is 263 g/mol. The van der Waals surface area contributed by atoms with E-state index in [1.54, 1.807) is 6.92 Å². The standard InChI is InChI=1S/C15H21NO3/c1-10-4-5-13(11(2)8-10)6-7-14(17)16-12(3)9-15(18)19/h4-5,8,12H,6-7,9H2,1-3H3,(H,16,17)(H,18,19). The van der Waals surface area contributed by atoms with E-state index < -0.39 is 5.97 Å². The Morgan fingerprint density at radius 2 is 2.00 bits per heavy atom. The quantitative estimate of drug-likeness (QED) is 0.827. The number of aryl methyl sites for hydroxylation is 3. The van der Waals surface area contributed by atoms with Crippen LogP contribution in [0.3, 0.4) is 0 Å². The molecule has 0 spiro atoms. The molecule has 1 rings (SSSR count). The molecule has 0 saturated carbocycles. The fourth-order valence-corrected chi connectivity index (χ4v) is 2.03. The highest BCUT2D eigenvalue weighted by atomic mass is 16.4. The van der Waals surface area contributed by atoms with Crippen molar-refractivity contribution < 1.29 is 14.7 Å². The second kappa shape index (κ2) is 6.92. The van der Waals surface area contributed by atoms with Gasteiger partial charge in [0, 0.05) is 12.5 Å². The molecule has 0 aliphatic heterocycles. The third-order valence-electron chi connectivity index (χ3n) is 3.01. The van der Waals surface area contributed by atoms with Crippen LogP contribution in [0.2, 0.25) is 0 Å². The van der Waals surface area contributed by atoms with Crippen molar-refractivity contribution in [1.82, 2.24) is 5.32 Å². The normalized spacial score (nSPS) is 11.9. The van der Waals surface area contributed by atoms with Gasteiger partial charge in [-0.2, -0.15) is 0 Å². The number of hydrogen-bond acceptors (Lipinski definition) is 2. The molecule has 1 unspecified atom stereocenters. The minimum Gasteiger partial charge on any atom is -0.481 e. The molecule has 1 atom stereocenters. The molecule has 1 aromatic carbocycles. The van der Waals surface area contributed by atoms with E-state index >= 15 is 0 Å². The molecule has 0 fully saturated rings. The summed E-state index contributed by atoms with van der Waals surface area (Å²) in [5, 5.41) is 11.3. The summed E-state index contributed by atoms with van der Waals surface area (Å²) in [4.78, 5) is 22.2. The minimum atomic E-state index is -0.901. The van der Waals surface area contributed by atoms with Gasteiger partial charge in [0.1, 0.15) is 0 Å². The maximum absolute atomic E-state index is 11.7. The van der Waals surface area contributed by atoms with Crippen molar-refractivity contribution in [3.05, 3.63) is 34.9 Å². The summed E-state index contributed by atoms with van der Waals surface area (Å²) in [6.45, 7) is 5.77. The second-order valence-electron chi connectivity index (χ2n) is 5.00. The van der Waals surface area contributed by atoms with E-state index in [4.69, 9.17) is 5.11 Å². The molecule has 2 N–H and O–H groups in total. The van der Waals surface area contributed by atoms with Gasteiger partial charge in [0.2, 0.25) is 5.91 Å². The van der Waals surface area contributed by atoms with E-state index in [0.29, 0.717) is 12.8 Å². The highest BCUT2D eigenvalue weighted by Crippen LogP contribution is 2.12. The Kier molecular flexibility index (Phi) is 5.55. The van der Waals surface area contributed by atoms with Crippen LogP contribution in [0, 0.1) is 13.8 Å². The zero-order chi connectivity index (χ0) is 14.4. The Bertz CT molecular complexity index is 468. The van der Waals surface area contributed by atoms with E-state index in [-0.39, 0.29) is 18.4 Å². The Morgan fingerprint density at radius 1 is 1.32 bits per heavy atom. The summed E-state index contributed by atoms with van der Waals surface area (Å²) in [5.41, 5.74) is 3.55. The van der Waals surface area contributed by atoms with Crippen molar-refractivity contribution in [3.8, 4) is 0 Å². The minimum absolute atomic E-state index is 0.0463. The summed E-state index contributed by atoms with van der Waals surface area (Å²) >= 11 is 0. The summed E-state index contributed by atoms with van der Waals surface area (Å²) in [6, 6.07) is 5.84. The Hall–Kier alpha value is -1.84. The molecule has 4 nitrogen and oxygen atoms in total. The van der Waals surface area contributed by atoms with Crippen LogP contribution in [0.1, 0.15) is 36.5 Å². The van der Waals surface area contributed by atoms with Crippen LogP contribution in [-0.2, 0) is 16.0 Å². The maximum atomic E-state index is 11.7. The van der Waals surface area contributed by atoms with Crippen LogP contribution in [0.25, 0.3) is 0 Å². The average molecular weight is 263 g/mol. The van der Waals surface area contributed by atoms with Crippen LogP contribution in [0.15, 0.2) is 18.2 Å².